The van der Waals surface area contributed by atoms with Crippen LogP contribution in [0.2, 0.25) is 0 Å². The number of hydrogen-bond donors (Lipinski definition) is 3. The summed E-state index contributed by atoms with van der Waals surface area (Å²) >= 11 is 0. The Kier molecular flexibility index (Phi) is 5.15. The maximum atomic E-state index is 10.5. The van der Waals surface area contributed by atoms with Crippen LogP contribution in [0.1, 0.15) is 0 Å². The van der Waals surface area contributed by atoms with Crippen molar-refractivity contribution < 1.29 is 27.4 Å². The Morgan fingerprint density at radius 3 is 2.40 bits per heavy atom. The lowest BCUT2D eigenvalue weighted by atomic mass is 10.3. The Bertz CT molecular complexity index is 301. The van der Waals surface area contributed by atoms with Gasteiger partial charge in [-0.15, -0.1) is 0 Å². The van der Waals surface area contributed by atoms with Crippen LogP contribution in [0.3, 0.4) is 0 Å². The Labute approximate surface area is 89.0 Å². The van der Waals surface area contributed by atoms with Crippen LogP contribution in [0.5, 0.6) is 0 Å². The van der Waals surface area contributed by atoms with E-state index in [4.69, 9.17) is 4.55 Å². The lowest BCUT2D eigenvalue weighted by molar-refractivity contribution is -0.894. The second-order valence-electron chi connectivity index (χ2n) is 4.00. The van der Waals surface area contributed by atoms with Gasteiger partial charge in [0, 0.05) is 0 Å². The molecule has 90 valence electrons. The molecule has 0 spiro atoms. The van der Waals surface area contributed by atoms with Gasteiger partial charge in [-0.1, -0.05) is 0 Å². The number of aliphatic hydroxyl groups is 1. The number of carbonyl (C=O) groups is 1. The van der Waals surface area contributed by atoms with E-state index in [1.165, 1.54) is 0 Å². The minimum Gasteiger partial charge on any atom is -0.386 e. The molecule has 0 aromatic rings. The largest absolute Gasteiger partial charge is 0.386 e. The third-order valence-electron chi connectivity index (χ3n) is 1.71. The molecule has 0 aliphatic rings. The summed E-state index contributed by atoms with van der Waals surface area (Å²) < 4.78 is 29.6. The van der Waals surface area contributed by atoms with Gasteiger partial charge in [-0.25, -0.2) is 0 Å². The monoisotopic (exact) mass is 241 g/mol. The van der Waals surface area contributed by atoms with Crippen LogP contribution in [0.15, 0.2) is 0 Å². The fourth-order valence-electron chi connectivity index (χ4n) is 1.22. The van der Waals surface area contributed by atoms with Crippen LogP contribution in [0.4, 0.5) is 0 Å². The summed E-state index contributed by atoms with van der Waals surface area (Å²) in [7, 11) is -0.742. The zero-order valence-electron chi connectivity index (χ0n) is 8.75. The number of carbonyl (C=O) groups excluding carboxylic acids is 1. The van der Waals surface area contributed by atoms with Gasteiger partial charge in [0.2, 0.25) is 6.41 Å². The van der Waals surface area contributed by atoms with E-state index >= 15 is 0 Å². The number of nitrogens with one attached hydrogen (secondary N) is 1. The summed E-state index contributed by atoms with van der Waals surface area (Å²) in [5.41, 5.74) is 0. The van der Waals surface area contributed by atoms with Crippen molar-refractivity contribution in [3.63, 3.8) is 0 Å². The Morgan fingerprint density at radius 1 is 1.47 bits per heavy atom. The molecule has 1 atom stereocenters. The van der Waals surface area contributed by atoms with Gasteiger partial charge in [-0.05, 0) is 0 Å². The second kappa shape index (κ2) is 5.40. The van der Waals surface area contributed by atoms with Gasteiger partial charge in [-0.3, -0.25) is 9.35 Å². The molecule has 1 unspecified atom stereocenters. The molecule has 0 saturated carbocycles. The first kappa shape index (κ1) is 14.3. The molecule has 0 aromatic carbocycles. The highest BCUT2D eigenvalue weighted by Gasteiger charge is 2.23. The van der Waals surface area contributed by atoms with Crippen molar-refractivity contribution >= 4 is 16.5 Å². The van der Waals surface area contributed by atoms with Crippen molar-refractivity contribution in [2.45, 2.75) is 6.10 Å². The molecule has 0 saturated heterocycles. The number of likely N-dealkylation sites (N-methyl/N-ethyl adjacent to an activating group) is 1. The van der Waals surface area contributed by atoms with E-state index in [2.05, 4.69) is 5.32 Å². The Hall–Kier alpha value is -0.700. The first-order chi connectivity index (χ1) is 6.66. The zero-order valence-corrected chi connectivity index (χ0v) is 9.57. The van der Waals surface area contributed by atoms with Crippen molar-refractivity contribution in [3.05, 3.63) is 0 Å². The fraction of sp³-hybridized carbons (Fsp3) is 0.857. The molecule has 0 fully saturated rings. The van der Waals surface area contributed by atoms with Crippen molar-refractivity contribution in [2.75, 3.05) is 33.1 Å². The lowest BCUT2D eigenvalue weighted by Gasteiger charge is -2.30. The van der Waals surface area contributed by atoms with E-state index in [-0.39, 0.29) is 17.7 Å². The summed E-state index contributed by atoms with van der Waals surface area (Å²) in [6.45, 7) is 0.382. The van der Waals surface area contributed by atoms with E-state index < -0.39 is 22.0 Å². The van der Waals surface area contributed by atoms with Crippen LogP contribution < -0.4 is 5.32 Å². The van der Waals surface area contributed by atoms with Crippen molar-refractivity contribution in [3.8, 4) is 0 Å². The number of amides is 1. The Balaban J connectivity index is 4.14. The van der Waals surface area contributed by atoms with Crippen LogP contribution in [-0.2, 0) is 14.9 Å². The second-order valence-corrected chi connectivity index (χ2v) is 5.50. The van der Waals surface area contributed by atoms with Crippen LogP contribution in [0, 0.1) is 0 Å². The van der Waals surface area contributed by atoms with E-state index in [0.717, 1.165) is 0 Å². The molecular weight excluding hydrogens is 224 g/mol. The first-order valence-electron chi connectivity index (χ1n) is 4.28. The van der Waals surface area contributed by atoms with Gasteiger partial charge >= 0.3 is 0 Å². The minimum atomic E-state index is -4.17. The highest BCUT2D eigenvalue weighted by molar-refractivity contribution is 7.85. The molecule has 0 aliphatic heterocycles. The lowest BCUT2D eigenvalue weighted by Crippen LogP contribution is -2.51. The number of hydrogen-bond acceptors (Lipinski definition) is 4. The predicted octanol–water partition coefficient (Wildman–Crippen LogP) is -1.98. The zero-order chi connectivity index (χ0) is 12.1. The normalized spacial score (nSPS) is 14.7. The molecular formula is C7H17N2O5S+. The average molecular weight is 241 g/mol. The minimum absolute atomic E-state index is 0.112. The summed E-state index contributed by atoms with van der Waals surface area (Å²) in [4.78, 5) is 10.0. The maximum Gasteiger partial charge on any atom is 0.267 e. The summed E-state index contributed by atoms with van der Waals surface area (Å²) in [5, 5.41) is 11.8. The highest BCUT2D eigenvalue weighted by Crippen LogP contribution is 2.00. The van der Waals surface area contributed by atoms with E-state index in [0.29, 0.717) is 6.41 Å². The number of nitrogens with zero attached hydrogens (tertiary/aromatic N) is 1. The standard InChI is InChI=1S/C7H16N2O5S/c1-9(2,5-8-6-10)3-7(11)4-15(12,13)14/h6-7,11H,3-5H2,1-2H3,(H-,8,10,12,13,14)/p+1. The van der Waals surface area contributed by atoms with Crippen LogP contribution in [0.25, 0.3) is 0 Å². The third-order valence-corrected chi connectivity index (χ3v) is 2.52. The quantitative estimate of drug-likeness (QED) is 0.207. The van der Waals surface area contributed by atoms with Crippen LogP contribution >= 0.6 is 0 Å². The fourth-order valence-corrected chi connectivity index (χ4v) is 1.81. The SMILES string of the molecule is C[N+](C)(CNC=O)CC(O)CS(=O)(=O)O. The maximum absolute atomic E-state index is 10.5. The topological polar surface area (TPSA) is 104 Å². The number of rotatable bonds is 7. The van der Waals surface area contributed by atoms with Gasteiger partial charge in [0.15, 0.2) is 6.67 Å². The van der Waals surface area contributed by atoms with E-state index in [1.54, 1.807) is 14.1 Å². The molecule has 1 amide bonds. The first-order valence-corrected chi connectivity index (χ1v) is 5.89. The molecule has 3 N–H and O–H groups in total. The van der Waals surface area contributed by atoms with Crippen molar-refractivity contribution in [2.24, 2.45) is 0 Å². The molecule has 15 heavy (non-hydrogen) atoms. The molecule has 0 aliphatic carbocycles. The smallest absolute Gasteiger partial charge is 0.267 e. The van der Waals surface area contributed by atoms with Gasteiger partial charge in [0.25, 0.3) is 10.1 Å². The van der Waals surface area contributed by atoms with Crippen LogP contribution in [-0.4, -0.2) is 68.1 Å². The molecule has 0 bridgehead atoms. The highest BCUT2D eigenvalue weighted by atomic mass is 32.2. The van der Waals surface area contributed by atoms with E-state index in [9.17, 15) is 18.3 Å². The van der Waals surface area contributed by atoms with Gasteiger partial charge < -0.3 is 14.9 Å². The third kappa shape index (κ3) is 8.30. The van der Waals surface area contributed by atoms with Gasteiger partial charge in [-0.2, -0.15) is 8.42 Å². The Morgan fingerprint density at radius 2 is 2.00 bits per heavy atom. The predicted molar refractivity (Wildman–Crippen MR) is 53.5 cm³/mol. The van der Waals surface area contributed by atoms with Gasteiger partial charge in [0.1, 0.15) is 18.4 Å². The van der Waals surface area contributed by atoms with Crippen molar-refractivity contribution in [1.82, 2.24) is 5.32 Å². The molecule has 8 heteroatoms. The molecule has 0 rings (SSSR count). The summed E-state index contributed by atoms with van der Waals surface area (Å²) in [6.07, 6.45) is -0.640. The molecule has 7 nitrogen and oxygen atoms in total. The molecule has 0 radical (unpaired) electrons. The van der Waals surface area contributed by atoms with E-state index in [1.807, 2.05) is 0 Å². The average Bonchev–Trinajstić information content (AvgIpc) is 1.95. The molecule has 0 heterocycles. The molecule has 0 aromatic heterocycles. The van der Waals surface area contributed by atoms with Crippen molar-refractivity contribution in [1.29, 1.82) is 0 Å². The summed E-state index contributed by atoms with van der Waals surface area (Å²) in [6, 6.07) is 0. The van der Waals surface area contributed by atoms with Gasteiger partial charge in [0.05, 0.1) is 14.1 Å². The number of quaternary nitrogens is 1. The summed E-state index contributed by atoms with van der Waals surface area (Å²) in [5.74, 6) is -0.699. The number of aliphatic hydroxyl groups excluding tert-OH is 1.